The van der Waals surface area contributed by atoms with Gasteiger partial charge >= 0.3 is 0 Å². The maximum atomic E-state index is 12.5. The topological polar surface area (TPSA) is 43.6 Å². The average molecular weight is 358 g/mol. The van der Waals surface area contributed by atoms with Gasteiger partial charge in [-0.05, 0) is 43.0 Å². The van der Waals surface area contributed by atoms with Crippen molar-refractivity contribution in [1.29, 1.82) is 0 Å². The van der Waals surface area contributed by atoms with Gasteiger partial charge in [0.2, 0.25) is 0 Å². The smallest absolute Gasteiger partial charge is 0.279 e. The van der Waals surface area contributed by atoms with E-state index < -0.39 is 0 Å². The number of carbonyl (C=O) groups excluding carboxylic acids is 1. The highest BCUT2D eigenvalue weighted by molar-refractivity contribution is 7.98. The molecule has 1 amide bonds. The molecule has 3 rings (SSSR count). The largest absolute Gasteiger partial charge is 0.495 e. The van der Waals surface area contributed by atoms with Crippen LogP contribution in [-0.4, -0.2) is 23.8 Å². The van der Waals surface area contributed by atoms with E-state index >= 15 is 0 Å². The monoisotopic (exact) mass is 358 g/mol. The SMILES string of the molecule is COc1ccc(C)c2sc(=NC(=O)c3cccc(SC)c3)n(C)c12. The summed E-state index contributed by atoms with van der Waals surface area (Å²) in [5.74, 6) is 0.553. The predicted octanol–water partition coefficient (Wildman–Crippen LogP) is 4.02. The van der Waals surface area contributed by atoms with Crippen LogP contribution in [0.5, 0.6) is 5.75 Å². The van der Waals surface area contributed by atoms with E-state index in [1.54, 1.807) is 24.9 Å². The Morgan fingerprint density at radius 2 is 2.08 bits per heavy atom. The van der Waals surface area contributed by atoms with Crippen LogP contribution in [-0.2, 0) is 7.05 Å². The molecule has 0 N–H and O–H groups in total. The zero-order valence-electron chi connectivity index (χ0n) is 14.0. The molecular weight excluding hydrogens is 340 g/mol. The van der Waals surface area contributed by atoms with E-state index in [1.807, 2.05) is 55.1 Å². The molecule has 2 aromatic carbocycles. The van der Waals surface area contributed by atoms with E-state index in [2.05, 4.69) is 4.99 Å². The molecule has 3 aromatic rings. The Morgan fingerprint density at radius 1 is 1.29 bits per heavy atom. The number of methoxy groups -OCH3 is 1. The van der Waals surface area contributed by atoms with Gasteiger partial charge in [0.05, 0.1) is 11.8 Å². The summed E-state index contributed by atoms with van der Waals surface area (Å²) in [6.45, 7) is 2.05. The number of aryl methyl sites for hydroxylation is 2. The van der Waals surface area contributed by atoms with Crippen LogP contribution in [0.2, 0.25) is 0 Å². The van der Waals surface area contributed by atoms with Gasteiger partial charge < -0.3 is 9.30 Å². The predicted molar refractivity (Wildman–Crippen MR) is 100 cm³/mol. The van der Waals surface area contributed by atoms with Crippen molar-refractivity contribution in [3.63, 3.8) is 0 Å². The maximum absolute atomic E-state index is 12.5. The molecular formula is C18H18N2O2S2. The third-order valence-corrected chi connectivity index (χ3v) is 5.83. The van der Waals surface area contributed by atoms with Crippen LogP contribution in [0.15, 0.2) is 46.3 Å². The fraction of sp³-hybridized carbons (Fsp3) is 0.222. The van der Waals surface area contributed by atoms with E-state index in [1.165, 1.54) is 11.3 Å². The first kappa shape index (κ1) is 16.8. The van der Waals surface area contributed by atoms with Gasteiger partial charge in [-0.1, -0.05) is 23.5 Å². The highest BCUT2D eigenvalue weighted by atomic mass is 32.2. The highest BCUT2D eigenvalue weighted by Crippen LogP contribution is 2.29. The molecule has 0 radical (unpaired) electrons. The summed E-state index contributed by atoms with van der Waals surface area (Å²) in [5.41, 5.74) is 2.71. The Bertz CT molecular complexity index is 986. The lowest BCUT2D eigenvalue weighted by Gasteiger charge is -2.05. The zero-order valence-corrected chi connectivity index (χ0v) is 15.6. The van der Waals surface area contributed by atoms with Crippen LogP contribution in [0.25, 0.3) is 10.2 Å². The Hall–Kier alpha value is -2.05. The van der Waals surface area contributed by atoms with Crippen molar-refractivity contribution in [2.45, 2.75) is 11.8 Å². The summed E-state index contributed by atoms with van der Waals surface area (Å²) in [6.07, 6.45) is 1.99. The minimum Gasteiger partial charge on any atom is -0.495 e. The minimum atomic E-state index is -0.232. The van der Waals surface area contributed by atoms with Crippen molar-refractivity contribution in [1.82, 2.24) is 4.57 Å². The number of amides is 1. The third-order valence-electron chi connectivity index (χ3n) is 3.84. The molecule has 0 unspecified atom stereocenters. The van der Waals surface area contributed by atoms with Crippen molar-refractivity contribution in [2.24, 2.45) is 12.0 Å². The number of benzene rings is 2. The van der Waals surface area contributed by atoms with Gasteiger partial charge in [-0.3, -0.25) is 4.79 Å². The Balaban J connectivity index is 2.15. The summed E-state index contributed by atoms with van der Waals surface area (Å²) in [5, 5.41) is 0. The standard InChI is InChI=1S/C18H18N2O2S2/c1-11-8-9-14(22-3)15-16(11)24-18(20(15)2)19-17(21)12-6-5-7-13(10-12)23-4/h5-10H,1-4H3. The van der Waals surface area contributed by atoms with Crippen LogP contribution < -0.4 is 9.54 Å². The highest BCUT2D eigenvalue weighted by Gasteiger charge is 2.12. The summed E-state index contributed by atoms with van der Waals surface area (Å²) in [4.78, 5) is 18.6. The van der Waals surface area contributed by atoms with E-state index in [0.29, 0.717) is 10.4 Å². The van der Waals surface area contributed by atoms with Crippen molar-refractivity contribution in [3.05, 3.63) is 52.3 Å². The Morgan fingerprint density at radius 3 is 2.79 bits per heavy atom. The second-order valence-electron chi connectivity index (χ2n) is 5.36. The molecule has 24 heavy (non-hydrogen) atoms. The van der Waals surface area contributed by atoms with Gasteiger partial charge in [0, 0.05) is 17.5 Å². The average Bonchev–Trinajstić information content (AvgIpc) is 2.93. The van der Waals surface area contributed by atoms with Gasteiger partial charge in [0.1, 0.15) is 11.3 Å². The first-order chi connectivity index (χ1) is 11.5. The quantitative estimate of drug-likeness (QED) is 0.664. The molecule has 124 valence electrons. The lowest BCUT2D eigenvalue weighted by molar-refractivity contribution is 0.0997. The van der Waals surface area contributed by atoms with Crippen LogP contribution in [0.3, 0.4) is 0 Å². The normalized spacial score (nSPS) is 11.9. The lowest BCUT2D eigenvalue weighted by atomic mass is 10.2. The van der Waals surface area contributed by atoms with Crippen LogP contribution in [0, 0.1) is 6.92 Å². The summed E-state index contributed by atoms with van der Waals surface area (Å²) >= 11 is 3.11. The van der Waals surface area contributed by atoms with Crippen molar-refractivity contribution in [2.75, 3.05) is 13.4 Å². The molecule has 0 fully saturated rings. The lowest BCUT2D eigenvalue weighted by Crippen LogP contribution is -2.13. The first-order valence-corrected chi connectivity index (χ1v) is 9.45. The number of hydrogen-bond acceptors (Lipinski definition) is 4. The number of aromatic nitrogens is 1. The molecule has 0 aliphatic heterocycles. The number of carbonyl (C=O) groups is 1. The van der Waals surface area contributed by atoms with Crippen molar-refractivity contribution >= 4 is 39.2 Å². The van der Waals surface area contributed by atoms with Gasteiger partial charge in [-0.25, -0.2) is 0 Å². The molecule has 0 atom stereocenters. The molecule has 0 aliphatic carbocycles. The number of rotatable bonds is 3. The molecule has 1 aromatic heterocycles. The molecule has 1 heterocycles. The van der Waals surface area contributed by atoms with Gasteiger partial charge in [-0.2, -0.15) is 4.99 Å². The van der Waals surface area contributed by atoms with Gasteiger partial charge in [0.25, 0.3) is 5.91 Å². The molecule has 0 saturated heterocycles. The van der Waals surface area contributed by atoms with Crippen molar-refractivity contribution in [3.8, 4) is 5.75 Å². The van der Waals surface area contributed by atoms with Crippen LogP contribution in [0.1, 0.15) is 15.9 Å². The third kappa shape index (κ3) is 2.99. The second-order valence-corrected chi connectivity index (χ2v) is 7.21. The summed E-state index contributed by atoms with van der Waals surface area (Å²) in [7, 11) is 3.56. The van der Waals surface area contributed by atoms with Crippen molar-refractivity contribution < 1.29 is 9.53 Å². The Kier molecular flexibility index (Phi) is 4.78. The number of fused-ring (bicyclic) bond motifs is 1. The van der Waals surface area contributed by atoms with Gasteiger partial charge in [0.15, 0.2) is 4.80 Å². The van der Waals surface area contributed by atoms with E-state index in [0.717, 1.165) is 26.4 Å². The number of ether oxygens (including phenoxy) is 1. The second kappa shape index (κ2) is 6.83. The molecule has 6 heteroatoms. The molecule has 0 saturated carbocycles. The van der Waals surface area contributed by atoms with E-state index in [9.17, 15) is 4.79 Å². The number of nitrogens with zero attached hydrogens (tertiary/aromatic N) is 2. The summed E-state index contributed by atoms with van der Waals surface area (Å²) < 4.78 is 8.46. The van der Waals surface area contributed by atoms with E-state index in [-0.39, 0.29) is 5.91 Å². The van der Waals surface area contributed by atoms with Crippen LogP contribution in [0.4, 0.5) is 0 Å². The molecule has 0 bridgehead atoms. The zero-order chi connectivity index (χ0) is 17.3. The fourth-order valence-corrected chi connectivity index (χ4v) is 4.09. The number of hydrogen-bond donors (Lipinski definition) is 0. The van der Waals surface area contributed by atoms with E-state index in [4.69, 9.17) is 4.74 Å². The first-order valence-electron chi connectivity index (χ1n) is 7.41. The Labute approximate surface area is 148 Å². The molecule has 0 spiro atoms. The minimum absolute atomic E-state index is 0.232. The maximum Gasteiger partial charge on any atom is 0.279 e. The molecule has 4 nitrogen and oxygen atoms in total. The number of thioether (sulfide) groups is 1. The van der Waals surface area contributed by atoms with Gasteiger partial charge in [-0.15, -0.1) is 11.8 Å². The fourth-order valence-electron chi connectivity index (χ4n) is 2.53. The summed E-state index contributed by atoms with van der Waals surface area (Å²) in [6, 6.07) is 11.5. The number of thiazole rings is 1. The molecule has 0 aliphatic rings. The van der Waals surface area contributed by atoms with Crippen LogP contribution >= 0.6 is 23.1 Å².